The molecule has 3 aromatic rings. The Morgan fingerprint density at radius 2 is 1.73 bits per heavy atom. The second-order valence-corrected chi connectivity index (χ2v) is 12.6. The predicted octanol–water partition coefficient (Wildman–Crippen LogP) is 5.83. The fraction of sp³-hybridized carbons (Fsp3) is 0.452. The highest BCUT2D eigenvalue weighted by Crippen LogP contribution is 2.51. The van der Waals surface area contributed by atoms with Gasteiger partial charge in [-0.25, -0.2) is 23.2 Å². The van der Waals surface area contributed by atoms with Gasteiger partial charge in [-0.05, 0) is 50.1 Å². The fourth-order valence-corrected chi connectivity index (χ4v) is 7.37. The number of nitrogens with zero attached hydrogens (tertiary/aromatic N) is 3. The first-order chi connectivity index (χ1) is 19.6. The molecular formula is C31H36F3N3O3S. The van der Waals surface area contributed by atoms with E-state index in [1.807, 2.05) is 0 Å². The first-order valence-electron chi connectivity index (χ1n) is 13.9. The highest BCUT2D eigenvalue weighted by Gasteiger charge is 2.44. The number of hydrogen-bond acceptors (Lipinski definition) is 6. The number of fused-ring (bicyclic) bond motifs is 1. The summed E-state index contributed by atoms with van der Waals surface area (Å²) in [5.74, 6) is -1.95. The average molecular weight is 588 g/mol. The van der Waals surface area contributed by atoms with Gasteiger partial charge in [0.1, 0.15) is 11.6 Å². The number of hydrogen-bond donors (Lipinski definition) is 0. The van der Waals surface area contributed by atoms with Crippen LogP contribution in [0.4, 0.5) is 13.2 Å². The minimum Gasteiger partial charge on any atom is -0.494 e. The van der Waals surface area contributed by atoms with E-state index in [0.29, 0.717) is 35.9 Å². The van der Waals surface area contributed by atoms with Gasteiger partial charge in [-0.2, -0.15) is 0 Å². The van der Waals surface area contributed by atoms with Crippen LogP contribution in [-0.2, 0) is 11.2 Å². The van der Waals surface area contributed by atoms with E-state index in [1.165, 1.54) is 43.1 Å². The summed E-state index contributed by atoms with van der Waals surface area (Å²) < 4.78 is 57.6. The van der Waals surface area contributed by atoms with Gasteiger partial charge < -0.3 is 9.47 Å². The first-order valence-corrected chi connectivity index (χ1v) is 14.7. The van der Waals surface area contributed by atoms with Crippen LogP contribution in [0.1, 0.15) is 43.5 Å². The molecule has 0 saturated carbocycles. The van der Waals surface area contributed by atoms with Crippen LogP contribution in [0.25, 0.3) is 11.1 Å². The Kier molecular flexibility index (Phi) is 8.57. The minimum atomic E-state index is -0.660. The van der Waals surface area contributed by atoms with Crippen molar-refractivity contribution in [3.8, 4) is 16.9 Å². The van der Waals surface area contributed by atoms with Crippen LogP contribution in [0.5, 0.6) is 5.75 Å². The number of pyridine rings is 1. The van der Waals surface area contributed by atoms with Crippen LogP contribution in [0.3, 0.4) is 0 Å². The van der Waals surface area contributed by atoms with Gasteiger partial charge in [0.15, 0.2) is 11.6 Å². The molecule has 220 valence electrons. The van der Waals surface area contributed by atoms with Crippen LogP contribution < -0.4 is 10.3 Å². The van der Waals surface area contributed by atoms with Crippen LogP contribution in [0.15, 0.2) is 46.2 Å². The van der Waals surface area contributed by atoms with Crippen molar-refractivity contribution in [3.63, 3.8) is 0 Å². The van der Waals surface area contributed by atoms with Gasteiger partial charge >= 0.3 is 0 Å². The zero-order valence-electron chi connectivity index (χ0n) is 24.1. The van der Waals surface area contributed by atoms with Crippen molar-refractivity contribution in [3.05, 3.63) is 80.9 Å². The molecule has 0 amide bonds. The zero-order valence-corrected chi connectivity index (χ0v) is 24.9. The summed E-state index contributed by atoms with van der Waals surface area (Å²) in [5, 5.41) is 5.15. The molecule has 0 radical (unpaired) electrons. The van der Waals surface area contributed by atoms with Crippen molar-refractivity contribution >= 4 is 11.8 Å². The SMILES string of the molecule is CCN(CC1n2c(c(Cc3c(F)cccc3F)c(C)c(-c3cccc(OC)c3F)c2=O)SC1(C)C)N1CCOCC1. The van der Waals surface area contributed by atoms with Crippen molar-refractivity contribution in [1.82, 2.24) is 14.6 Å². The van der Waals surface area contributed by atoms with Gasteiger partial charge in [0.2, 0.25) is 0 Å². The predicted molar refractivity (Wildman–Crippen MR) is 155 cm³/mol. The number of benzene rings is 2. The molecule has 2 aromatic carbocycles. The van der Waals surface area contributed by atoms with Gasteiger partial charge in [0.25, 0.3) is 5.56 Å². The number of morpholine rings is 1. The Morgan fingerprint density at radius 1 is 1.07 bits per heavy atom. The molecule has 0 bridgehead atoms. The van der Waals surface area contributed by atoms with Gasteiger partial charge in [-0.1, -0.05) is 36.9 Å². The van der Waals surface area contributed by atoms with E-state index in [0.717, 1.165) is 19.6 Å². The highest BCUT2D eigenvalue weighted by atomic mass is 32.2. The summed E-state index contributed by atoms with van der Waals surface area (Å²) in [4.78, 5) is 14.5. The van der Waals surface area contributed by atoms with E-state index >= 15 is 4.39 Å². The van der Waals surface area contributed by atoms with Crippen molar-refractivity contribution in [2.45, 2.75) is 49.9 Å². The fourth-order valence-electron chi connectivity index (χ4n) is 5.90. The maximum absolute atomic E-state index is 15.7. The van der Waals surface area contributed by atoms with Gasteiger partial charge in [0, 0.05) is 48.5 Å². The van der Waals surface area contributed by atoms with Crippen LogP contribution in [-0.4, -0.2) is 65.8 Å². The number of methoxy groups -OCH3 is 1. The molecule has 0 spiro atoms. The van der Waals surface area contributed by atoms with Crippen molar-refractivity contribution in [2.24, 2.45) is 0 Å². The zero-order chi connectivity index (χ0) is 29.5. The number of hydrazine groups is 1. The summed E-state index contributed by atoms with van der Waals surface area (Å²) in [5.41, 5.74) is 0.977. The van der Waals surface area contributed by atoms with Crippen molar-refractivity contribution in [1.29, 1.82) is 0 Å². The summed E-state index contributed by atoms with van der Waals surface area (Å²) in [6.07, 6.45) is -0.0741. The molecule has 1 saturated heterocycles. The number of thioether (sulfide) groups is 1. The first kappa shape index (κ1) is 29.7. The molecule has 6 nitrogen and oxygen atoms in total. The lowest BCUT2D eigenvalue weighted by Crippen LogP contribution is -2.52. The third kappa shape index (κ3) is 5.43. The number of ether oxygens (including phenoxy) is 2. The van der Waals surface area contributed by atoms with Crippen LogP contribution >= 0.6 is 11.8 Å². The topological polar surface area (TPSA) is 46.9 Å². The second-order valence-electron chi connectivity index (χ2n) is 11.0. The molecule has 2 aliphatic heterocycles. The monoisotopic (exact) mass is 587 g/mol. The molecule has 1 fully saturated rings. The Hall–Kier alpha value is -2.79. The quantitative estimate of drug-likeness (QED) is 0.330. The van der Waals surface area contributed by atoms with Crippen molar-refractivity contribution < 1.29 is 22.6 Å². The standard InChI is InChI=1S/C31H36F3N3O3S/c1-6-35(36-13-15-40-16-14-36)18-26-31(3,4)41-30-21(17-22-23(32)10-8-11-24(22)33)19(2)27(29(38)37(26)30)20-9-7-12-25(39-5)28(20)34/h7-12,26H,6,13-18H2,1-5H3. The molecule has 2 aliphatic rings. The van der Waals surface area contributed by atoms with Crippen LogP contribution in [0.2, 0.25) is 0 Å². The molecule has 10 heteroatoms. The van der Waals surface area contributed by atoms with E-state index in [-0.39, 0.29) is 40.5 Å². The summed E-state index contributed by atoms with van der Waals surface area (Å²) >= 11 is 1.53. The molecular weight excluding hydrogens is 551 g/mol. The van der Waals surface area contributed by atoms with E-state index in [9.17, 15) is 13.6 Å². The molecule has 3 heterocycles. The van der Waals surface area contributed by atoms with E-state index in [1.54, 1.807) is 23.6 Å². The molecule has 1 unspecified atom stereocenters. The highest BCUT2D eigenvalue weighted by molar-refractivity contribution is 8.00. The Labute approximate surface area is 243 Å². The van der Waals surface area contributed by atoms with E-state index in [2.05, 4.69) is 30.8 Å². The lowest BCUT2D eigenvalue weighted by molar-refractivity contribution is -0.0943. The van der Waals surface area contributed by atoms with Gasteiger partial charge in [-0.3, -0.25) is 9.36 Å². The third-order valence-electron chi connectivity index (χ3n) is 8.22. The van der Waals surface area contributed by atoms with Gasteiger partial charge in [0.05, 0.1) is 37.0 Å². The molecule has 1 aromatic heterocycles. The number of likely N-dealkylation sites (N-methyl/N-ethyl adjacent to an activating group) is 1. The lowest BCUT2D eigenvalue weighted by Gasteiger charge is -2.40. The lowest BCUT2D eigenvalue weighted by atomic mass is 9.93. The van der Waals surface area contributed by atoms with Crippen LogP contribution in [0, 0.1) is 24.4 Å². The molecule has 0 aliphatic carbocycles. The third-order valence-corrected chi connectivity index (χ3v) is 9.65. The Morgan fingerprint density at radius 3 is 2.37 bits per heavy atom. The minimum absolute atomic E-state index is 0.0178. The molecule has 1 atom stereocenters. The smallest absolute Gasteiger partial charge is 0.260 e. The van der Waals surface area contributed by atoms with E-state index < -0.39 is 22.2 Å². The average Bonchev–Trinajstić information content (AvgIpc) is 3.22. The number of aromatic nitrogens is 1. The second kappa shape index (κ2) is 11.8. The summed E-state index contributed by atoms with van der Waals surface area (Å²) in [6.45, 7) is 12.0. The molecule has 5 rings (SSSR count). The largest absolute Gasteiger partial charge is 0.494 e. The maximum Gasteiger partial charge on any atom is 0.260 e. The molecule has 41 heavy (non-hydrogen) atoms. The van der Waals surface area contributed by atoms with Gasteiger partial charge in [-0.15, -0.1) is 0 Å². The van der Waals surface area contributed by atoms with Crippen molar-refractivity contribution in [2.75, 3.05) is 46.5 Å². The Balaban J connectivity index is 1.73. The van der Waals surface area contributed by atoms with E-state index in [4.69, 9.17) is 9.47 Å². The number of halogens is 3. The summed E-state index contributed by atoms with van der Waals surface area (Å²) in [7, 11) is 1.37. The maximum atomic E-state index is 15.7. The summed E-state index contributed by atoms with van der Waals surface area (Å²) in [6, 6.07) is 8.18. The number of rotatable bonds is 8. The normalized spacial score (nSPS) is 18.6. The molecule has 0 N–H and O–H groups in total. The Bertz CT molecular complexity index is 1480.